The lowest BCUT2D eigenvalue weighted by Crippen LogP contribution is -2.32. The standard InChI is InChI=1S/C19H38N2O4/c1-4-7-13-20(18(22)23)15-10-9-11-17(6-3)12-16-21(19(24)25)14-8-5-2/h17H,4-16H2,1-3H3,(H,22,23)(H,24,25). The number of amides is 2. The van der Waals surface area contributed by atoms with Crippen LogP contribution in [-0.2, 0) is 0 Å². The topological polar surface area (TPSA) is 81.1 Å². The largest absolute Gasteiger partial charge is 0.465 e. The van der Waals surface area contributed by atoms with E-state index in [2.05, 4.69) is 20.8 Å². The minimum atomic E-state index is -0.825. The van der Waals surface area contributed by atoms with Crippen LogP contribution in [0.1, 0.15) is 78.6 Å². The van der Waals surface area contributed by atoms with Gasteiger partial charge in [-0.2, -0.15) is 0 Å². The summed E-state index contributed by atoms with van der Waals surface area (Å²) in [5.74, 6) is 0.511. The SMILES string of the molecule is CCCCN(CCCCC(CC)CCN(CCCC)C(=O)O)C(=O)O. The molecule has 0 rings (SSSR count). The average molecular weight is 359 g/mol. The molecule has 0 saturated carbocycles. The Morgan fingerprint density at radius 1 is 0.720 bits per heavy atom. The molecule has 2 N–H and O–H groups in total. The van der Waals surface area contributed by atoms with Gasteiger partial charge < -0.3 is 20.0 Å². The van der Waals surface area contributed by atoms with Crippen molar-refractivity contribution in [3.05, 3.63) is 0 Å². The van der Waals surface area contributed by atoms with Crippen LogP contribution < -0.4 is 0 Å². The summed E-state index contributed by atoms with van der Waals surface area (Å²) >= 11 is 0. The second-order valence-electron chi connectivity index (χ2n) is 6.81. The van der Waals surface area contributed by atoms with Gasteiger partial charge in [0, 0.05) is 26.2 Å². The molecule has 0 aromatic rings. The number of nitrogens with zero attached hydrogens (tertiary/aromatic N) is 2. The molecular formula is C19H38N2O4. The van der Waals surface area contributed by atoms with Crippen molar-refractivity contribution in [2.24, 2.45) is 5.92 Å². The van der Waals surface area contributed by atoms with Crippen molar-refractivity contribution in [2.75, 3.05) is 26.2 Å². The van der Waals surface area contributed by atoms with Crippen molar-refractivity contribution < 1.29 is 19.8 Å². The van der Waals surface area contributed by atoms with E-state index < -0.39 is 12.2 Å². The smallest absolute Gasteiger partial charge is 0.407 e. The minimum absolute atomic E-state index is 0.511. The lowest BCUT2D eigenvalue weighted by molar-refractivity contribution is 0.140. The normalized spacial score (nSPS) is 12.0. The van der Waals surface area contributed by atoms with Gasteiger partial charge in [0.2, 0.25) is 0 Å². The lowest BCUT2D eigenvalue weighted by atomic mass is 9.95. The quantitative estimate of drug-likeness (QED) is 0.397. The third-order valence-electron chi connectivity index (χ3n) is 4.78. The predicted octanol–water partition coefficient (Wildman–Crippen LogP) is 5.13. The van der Waals surface area contributed by atoms with Crippen molar-refractivity contribution in [1.29, 1.82) is 0 Å². The molecule has 0 saturated heterocycles. The van der Waals surface area contributed by atoms with Gasteiger partial charge >= 0.3 is 12.2 Å². The number of carboxylic acid groups (broad SMARTS) is 2. The molecule has 0 aromatic heterocycles. The van der Waals surface area contributed by atoms with Gasteiger partial charge in [-0.05, 0) is 31.6 Å². The molecule has 0 spiro atoms. The first-order valence-corrected chi connectivity index (χ1v) is 9.91. The molecule has 0 aromatic carbocycles. The summed E-state index contributed by atoms with van der Waals surface area (Å²) in [5, 5.41) is 18.4. The highest BCUT2D eigenvalue weighted by Crippen LogP contribution is 2.18. The molecule has 0 fully saturated rings. The summed E-state index contributed by atoms with van der Waals surface area (Å²) < 4.78 is 0. The monoisotopic (exact) mass is 358 g/mol. The third-order valence-corrected chi connectivity index (χ3v) is 4.78. The van der Waals surface area contributed by atoms with Gasteiger partial charge in [-0.15, -0.1) is 0 Å². The van der Waals surface area contributed by atoms with Crippen LogP contribution in [0.4, 0.5) is 9.59 Å². The summed E-state index contributed by atoms with van der Waals surface area (Å²) in [6.07, 6.45) is 7.02. The molecule has 2 amide bonds. The second kappa shape index (κ2) is 14.8. The van der Waals surface area contributed by atoms with E-state index in [-0.39, 0.29) is 0 Å². The van der Waals surface area contributed by atoms with E-state index in [0.717, 1.165) is 57.8 Å². The van der Waals surface area contributed by atoms with Crippen LogP contribution in [0.25, 0.3) is 0 Å². The third kappa shape index (κ3) is 11.7. The first-order valence-electron chi connectivity index (χ1n) is 9.91. The van der Waals surface area contributed by atoms with E-state index in [1.54, 1.807) is 0 Å². The van der Waals surface area contributed by atoms with Crippen LogP contribution in [0.5, 0.6) is 0 Å². The Balaban J connectivity index is 4.11. The second-order valence-corrected chi connectivity index (χ2v) is 6.81. The highest BCUT2D eigenvalue weighted by Gasteiger charge is 2.15. The highest BCUT2D eigenvalue weighted by molar-refractivity contribution is 5.65. The highest BCUT2D eigenvalue weighted by atomic mass is 16.4. The van der Waals surface area contributed by atoms with E-state index in [9.17, 15) is 19.8 Å². The van der Waals surface area contributed by atoms with Gasteiger partial charge in [0.25, 0.3) is 0 Å². The number of rotatable bonds is 15. The molecule has 0 heterocycles. The summed E-state index contributed by atoms with van der Waals surface area (Å²) in [6.45, 7) is 8.71. The Morgan fingerprint density at radius 3 is 1.64 bits per heavy atom. The summed E-state index contributed by atoms with van der Waals surface area (Å²) in [4.78, 5) is 25.5. The molecule has 6 nitrogen and oxygen atoms in total. The maximum absolute atomic E-state index is 11.3. The lowest BCUT2D eigenvalue weighted by Gasteiger charge is -2.23. The van der Waals surface area contributed by atoms with E-state index >= 15 is 0 Å². The zero-order valence-electron chi connectivity index (χ0n) is 16.4. The number of hydrogen-bond acceptors (Lipinski definition) is 2. The van der Waals surface area contributed by atoms with E-state index in [1.807, 2.05) is 0 Å². The molecule has 0 aliphatic heterocycles. The molecule has 1 unspecified atom stereocenters. The Kier molecular flexibility index (Phi) is 14.0. The van der Waals surface area contributed by atoms with Crippen molar-refractivity contribution in [3.8, 4) is 0 Å². The maximum atomic E-state index is 11.3. The van der Waals surface area contributed by atoms with Crippen LogP contribution in [-0.4, -0.2) is 58.4 Å². The average Bonchev–Trinajstić information content (AvgIpc) is 2.58. The van der Waals surface area contributed by atoms with Gasteiger partial charge in [-0.1, -0.05) is 52.9 Å². The first-order chi connectivity index (χ1) is 12.0. The zero-order chi connectivity index (χ0) is 19.1. The number of hydrogen-bond donors (Lipinski definition) is 2. The Labute approximate surface area is 153 Å². The summed E-state index contributed by atoms with van der Waals surface area (Å²) in [7, 11) is 0. The van der Waals surface area contributed by atoms with Gasteiger partial charge in [0.05, 0.1) is 0 Å². The maximum Gasteiger partial charge on any atom is 0.407 e. The Hall–Kier alpha value is -1.46. The molecule has 25 heavy (non-hydrogen) atoms. The van der Waals surface area contributed by atoms with Crippen molar-refractivity contribution in [1.82, 2.24) is 9.80 Å². The number of unbranched alkanes of at least 4 members (excludes halogenated alkanes) is 3. The van der Waals surface area contributed by atoms with Gasteiger partial charge in [-0.3, -0.25) is 0 Å². The Morgan fingerprint density at radius 2 is 1.20 bits per heavy atom. The number of carbonyl (C=O) groups is 2. The molecule has 6 heteroatoms. The van der Waals surface area contributed by atoms with Crippen LogP contribution in [0.15, 0.2) is 0 Å². The molecule has 0 bridgehead atoms. The van der Waals surface area contributed by atoms with E-state index in [0.29, 0.717) is 32.1 Å². The van der Waals surface area contributed by atoms with Crippen LogP contribution in [0.3, 0.4) is 0 Å². The summed E-state index contributed by atoms with van der Waals surface area (Å²) in [6, 6.07) is 0. The molecule has 1 atom stereocenters. The van der Waals surface area contributed by atoms with Crippen LogP contribution >= 0.6 is 0 Å². The molecule has 148 valence electrons. The van der Waals surface area contributed by atoms with Crippen LogP contribution in [0.2, 0.25) is 0 Å². The van der Waals surface area contributed by atoms with E-state index in [4.69, 9.17) is 0 Å². The summed E-state index contributed by atoms with van der Waals surface area (Å²) in [5.41, 5.74) is 0. The fourth-order valence-corrected chi connectivity index (χ4v) is 2.93. The fourth-order valence-electron chi connectivity index (χ4n) is 2.93. The molecule has 0 aliphatic carbocycles. The minimum Gasteiger partial charge on any atom is -0.465 e. The van der Waals surface area contributed by atoms with Crippen molar-refractivity contribution in [3.63, 3.8) is 0 Å². The molecule has 0 radical (unpaired) electrons. The molecular weight excluding hydrogens is 320 g/mol. The van der Waals surface area contributed by atoms with Crippen molar-refractivity contribution in [2.45, 2.75) is 78.6 Å². The first kappa shape index (κ1) is 23.5. The molecule has 0 aliphatic rings. The van der Waals surface area contributed by atoms with E-state index in [1.165, 1.54) is 9.80 Å². The fraction of sp³-hybridized carbons (Fsp3) is 0.895. The van der Waals surface area contributed by atoms with Crippen LogP contribution in [0, 0.1) is 5.92 Å². The van der Waals surface area contributed by atoms with Gasteiger partial charge in [0.15, 0.2) is 0 Å². The van der Waals surface area contributed by atoms with Crippen molar-refractivity contribution >= 4 is 12.2 Å². The predicted molar refractivity (Wildman–Crippen MR) is 101 cm³/mol. The van der Waals surface area contributed by atoms with Gasteiger partial charge in [-0.25, -0.2) is 9.59 Å². The zero-order valence-corrected chi connectivity index (χ0v) is 16.4. The Bertz CT molecular complexity index is 363. The van der Waals surface area contributed by atoms with Gasteiger partial charge in [0.1, 0.15) is 0 Å².